The molecule has 0 spiro atoms. The molecular formula is C12H15NO3. The van der Waals surface area contributed by atoms with Gasteiger partial charge in [-0.05, 0) is 24.5 Å². The summed E-state index contributed by atoms with van der Waals surface area (Å²) in [7, 11) is 3.21. The molecule has 0 aromatic heterocycles. The molecule has 0 saturated heterocycles. The topological polar surface area (TPSA) is 61.6 Å². The first-order valence-corrected chi connectivity index (χ1v) is 5.22. The van der Waals surface area contributed by atoms with Gasteiger partial charge in [0.1, 0.15) is 0 Å². The number of carbonyl (C=O) groups is 1. The van der Waals surface area contributed by atoms with E-state index in [1.54, 1.807) is 14.2 Å². The zero-order valence-corrected chi connectivity index (χ0v) is 9.45. The molecule has 0 fully saturated rings. The van der Waals surface area contributed by atoms with Crippen LogP contribution in [0.5, 0.6) is 11.5 Å². The van der Waals surface area contributed by atoms with Gasteiger partial charge in [0.05, 0.1) is 20.1 Å². The van der Waals surface area contributed by atoms with Crippen LogP contribution in [0, 0.1) is 0 Å². The molecule has 1 atom stereocenters. The molecule has 1 aliphatic rings. The minimum absolute atomic E-state index is 0.185. The third-order valence-electron chi connectivity index (χ3n) is 3.09. The molecule has 0 heterocycles. The van der Waals surface area contributed by atoms with Crippen molar-refractivity contribution >= 4 is 5.91 Å². The van der Waals surface area contributed by atoms with Crippen molar-refractivity contribution in [3.8, 4) is 11.5 Å². The number of rotatable bonds is 3. The van der Waals surface area contributed by atoms with E-state index in [4.69, 9.17) is 15.2 Å². The maximum Gasteiger partial charge on any atom is 0.224 e. The van der Waals surface area contributed by atoms with Gasteiger partial charge in [-0.15, -0.1) is 0 Å². The van der Waals surface area contributed by atoms with Crippen LogP contribution in [0.1, 0.15) is 23.5 Å². The number of methoxy groups -OCH3 is 2. The number of fused-ring (bicyclic) bond motifs is 1. The molecule has 1 aromatic carbocycles. The van der Waals surface area contributed by atoms with Gasteiger partial charge >= 0.3 is 0 Å². The van der Waals surface area contributed by atoms with Crippen molar-refractivity contribution in [1.29, 1.82) is 0 Å². The second kappa shape index (κ2) is 4.04. The van der Waals surface area contributed by atoms with Gasteiger partial charge in [-0.2, -0.15) is 0 Å². The molecule has 2 rings (SSSR count). The highest BCUT2D eigenvalue weighted by Crippen LogP contribution is 2.42. The monoisotopic (exact) mass is 221 g/mol. The van der Waals surface area contributed by atoms with Crippen LogP contribution in [-0.4, -0.2) is 20.1 Å². The first-order chi connectivity index (χ1) is 7.69. The minimum Gasteiger partial charge on any atom is -0.493 e. The van der Waals surface area contributed by atoms with Crippen LogP contribution in [0.25, 0.3) is 0 Å². The van der Waals surface area contributed by atoms with Crippen LogP contribution in [0.15, 0.2) is 12.1 Å². The van der Waals surface area contributed by atoms with Crippen molar-refractivity contribution in [3.63, 3.8) is 0 Å². The maximum absolute atomic E-state index is 11.3. The number of nitrogens with two attached hydrogens (primary N) is 1. The van der Waals surface area contributed by atoms with E-state index in [2.05, 4.69) is 0 Å². The Morgan fingerprint density at radius 3 is 2.69 bits per heavy atom. The van der Waals surface area contributed by atoms with E-state index < -0.39 is 0 Å². The molecule has 1 aromatic rings. The molecule has 4 heteroatoms. The van der Waals surface area contributed by atoms with Crippen molar-refractivity contribution < 1.29 is 14.3 Å². The Balaban J connectivity index is 2.51. The van der Waals surface area contributed by atoms with Crippen LogP contribution in [0.2, 0.25) is 0 Å². The van der Waals surface area contributed by atoms with Gasteiger partial charge in [-0.25, -0.2) is 0 Å². The van der Waals surface area contributed by atoms with E-state index in [0.717, 1.165) is 29.7 Å². The molecule has 2 N–H and O–H groups in total. The average Bonchev–Trinajstić information content (AvgIpc) is 2.71. The zero-order valence-electron chi connectivity index (χ0n) is 9.45. The predicted molar refractivity (Wildman–Crippen MR) is 59.8 cm³/mol. The van der Waals surface area contributed by atoms with Gasteiger partial charge in [-0.1, -0.05) is 6.07 Å². The maximum atomic E-state index is 11.3. The summed E-state index contributed by atoms with van der Waals surface area (Å²) in [5.74, 6) is 0.968. The van der Waals surface area contributed by atoms with Gasteiger partial charge < -0.3 is 15.2 Å². The fourth-order valence-corrected chi connectivity index (χ4v) is 2.33. The quantitative estimate of drug-likeness (QED) is 0.834. The van der Waals surface area contributed by atoms with E-state index in [9.17, 15) is 4.79 Å². The fraction of sp³-hybridized carbons (Fsp3) is 0.417. The Bertz CT molecular complexity index is 429. The van der Waals surface area contributed by atoms with Crippen LogP contribution >= 0.6 is 0 Å². The fourth-order valence-electron chi connectivity index (χ4n) is 2.33. The summed E-state index contributed by atoms with van der Waals surface area (Å²) < 4.78 is 10.5. The van der Waals surface area contributed by atoms with Crippen molar-refractivity contribution in [1.82, 2.24) is 0 Å². The van der Waals surface area contributed by atoms with Crippen LogP contribution in [0.4, 0.5) is 0 Å². The Morgan fingerprint density at radius 2 is 2.12 bits per heavy atom. The summed E-state index contributed by atoms with van der Waals surface area (Å²) >= 11 is 0. The van der Waals surface area contributed by atoms with Gasteiger partial charge in [0.15, 0.2) is 11.5 Å². The number of benzene rings is 1. The molecule has 86 valence electrons. The molecule has 1 aliphatic carbocycles. The number of carbonyl (C=O) groups excluding carboxylic acids is 1. The lowest BCUT2D eigenvalue weighted by atomic mass is 10.0. The zero-order chi connectivity index (χ0) is 11.7. The van der Waals surface area contributed by atoms with Gasteiger partial charge in [0.2, 0.25) is 5.91 Å². The lowest BCUT2D eigenvalue weighted by Crippen LogP contribution is -2.19. The van der Waals surface area contributed by atoms with Gasteiger partial charge in [0.25, 0.3) is 0 Å². The molecular weight excluding hydrogens is 206 g/mol. The van der Waals surface area contributed by atoms with E-state index >= 15 is 0 Å². The molecule has 0 saturated carbocycles. The summed E-state index contributed by atoms with van der Waals surface area (Å²) in [6.45, 7) is 0. The van der Waals surface area contributed by atoms with E-state index in [0.29, 0.717) is 5.75 Å². The molecule has 0 radical (unpaired) electrons. The van der Waals surface area contributed by atoms with E-state index in [-0.39, 0.29) is 11.8 Å². The smallest absolute Gasteiger partial charge is 0.224 e. The molecule has 1 unspecified atom stereocenters. The highest BCUT2D eigenvalue weighted by molar-refractivity contribution is 5.84. The predicted octanol–water partition coefficient (Wildman–Crippen LogP) is 1.22. The summed E-state index contributed by atoms with van der Waals surface area (Å²) in [4.78, 5) is 11.3. The van der Waals surface area contributed by atoms with Gasteiger partial charge in [-0.3, -0.25) is 4.79 Å². The third kappa shape index (κ3) is 1.50. The highest BCUT2D eigenvalue weighted by atomic mass is 16.5. The highest BCUT2D eigenvalue weighted by Gasteiger charge is 2.30. The van der Waals surface area contributed by atoms with E-state index in [1.807, 2.05) is 12.1 Å². The molecule has 4 nitrogen and oxygen atoms in total. The Labute approximate surface area is 94.3 Å². The lowest BCUT2D eigenvalue weighted by Gasteiger charge is -2.13. The number of ether oxygens (including phenoxy) is 2. The van der Waals surface area contributed by atoms with Crippen LogP contribution in [0.3, 0.4) is 0 Å². The number of primary amides is 1. The first kappa shape index (κ1) is 10.8. The van der Waals surface area contributed by atoms with Gasteiger partial charge in [0, 0.05) is 5.56 Å². The second-order valence-electron chi connectivity index (χ2n) is 3.86. The third-order valence-corrected chi connectivity index (χ3v) is 3.09. The Hall–Kier alpha value is -1.71. The Morgan fingerprint density at radius 1 is 1.38 bits per heavy atom. The summed E-state index contributed by atoms with van der Waals surface area (Å²) in [5.41, 5.74) is 7.39. The van der Waals surface area contributed by atoms with E-state index in [1.165, 1.54) is 0 Å². The Kier molecular flexibility index (Phi) is 2.73. The summed E-state index contributed by atoms with van der Waals surface area (Å²) in [6.07, 6.45) is 1.57. The number of hydrogen-bond donors (Lipinski definition) is 1. The van der Waals surface area contributed by atoms with Crippen LogP contribution < -0.4 is 15.2 Å². The van der Waals surface area contributed by atoms with Crippen molar-refractivity contribution in [2.45, 2.75) is 18.8 Å². The lowest BCUT2D eigenvalue weighted by molar-refractivity contribution is -0.119. The molecule has 0 bridgehead atoms. The SMILES string of the molecule is COc1ccc2c(c1OC)CCC2C(N)=O. The summed E-state index contributed by atoms with van der Waals surface area (Å²) in [6, 6.07) is 3.72. The number of hydrogen-bond acceptors (Lipinski definition) is 3. The first-order valence-electron chi connectivity index (χ1n) is 5.22. The molecule has 16 heavy (non-hydrogen) atoms. The van der Waals surface area contributed by atoms with Crippen LogP contribution in [-0.2, 0) is 11.2 Å². The van der Waals surface area contributed by atoms with Crippen molar-refractivity contribution in [3.05, 3.63) is 23.3 Å². The molecule has 0 aliphatic heterocycles. The summed E-state index contributed by atoms with van der Waals surface area (Å²) in [5, 5.41) is 0. The molecule has 1 amide bonds. The van der Waals surface area contributed by atoms with Crippen molar-refractivity contribution in [2.24, 2.45) is 5.73 Å². The average molecular weight is 221 g/mol. The minimum atomic E-state index is -0.272. The standard InChI is InChI=1S/C12H15NO3/c1-15-10-6-5-7-8(11(10)16-2)3-4-9(7)12(13)14/h5-6,9H,3-4H2,1-2H3,(H2,13,14). The largest absolute Gasteiger partial charge is 0.493 e. The van der Waals surface area contributed by atoms with Crippen molar-refractivity contribution in [2.75, 3.05) is 14.2 Å². The number of amides is 1. The normalized spacial score (nSPS) is 18.0. The second-order valence-corrected chi connectivity index (χ2v) is 3.86.